The highest BCUT2D eigenvalue weighted by atomic mass is 16.6. The molecule has 1 aromatic rings. The predicted molar refractivity (Wildman–Crippen MR) is 118 cm³/mol. The molecule has 0 aromatic carbocycles. The second kappa shape index (κ2) is 9.67. The van der Waals surface area contributed by atoms with Crippen LogP contribution in [0.4, 0.5) is 10.6 Å². The van der Waals surface area contributed by atoms with E-state index >= 15 is 0 Å². The van der Waals surface area contributed by atoms with E-state index in [4.69, 9.17) is 14.5 Å². The van der Waals surface area contributed by atoms with E-state index in [2.05, 4.69) is 18.7 Å². The molecule has 1 aromatic heterocycles. The van der Waals surface area contributed by atoms with Crippen molar-refractivity contribution in [1.29, 1.82) is 0 Å². The number of carbonyl (C=O) groups is 2. The standard InChI is InChI=1S/C23H37N3O4/c1-9-26(22(28)30-23(6,7)8)17-12-13-25(14-17)20-18(21(27)29-16(4)5)10-11-19(24-20)15(2)3/h10-11,15-17H,9,12-14H2,1-8H3/t17-/m0/s1. The van der Waals surface area contributed by atoms with Crippen LogP contribution in [0.3, 0.4) is 0 Å². The van der Waals surface area contributed by atoms with Crippen molar-refractivity contribution in [2.45, 2.75) is 85.5 Å². The van der Waals surface area contributed by atoms with Gasteiger partial charge in [-0.25, -0.2) is 14.6 Å². The van der Waals surface area contributed by atoms with E-state index in [-0.39, 0.29) is 30.1 Å². The van der Waals surface area contributed by atoms with Crippen molar-refractivity contribution in [3.05, 3.63) is 23.4 Å². The maximum Gasteiger partial charge on any atom is 0.410 e. The molecule has 0 aliphatic carbocycles. The number of rotatable bonds is 6. The van der Waals surface area contributed by atoms with Gasteiger partial charge in [0, 0.05) is 25.3 Å². The fourth-order valence-electron chi connectivity index (χ4n) is 3.51. The molecule has 0 radical (unpaired) electrons. The van der Waals surface area contributed by atoms with Gasteiger partial charge in [-0.1, -0.05) is 13.8 Å². The number of likely N-dealkylation sites (N-methyl/N-ethyl adjacent to an activating group) is 1. The molecule has 7 heteroatoms. The van der Waals surface area contributed by atoms with Gasteiger partial charge in [-0.05, 0) is 66.0 Å². The maximum absolute atomic E-state index is 12.7. The third kappa shape index (κ3) is 6.09. The molecule has 1 atom stereocenters. The molecular weight excluding hydrogens is 382 g/mol. The summed E-state index contributed by atoms with van der Waals surface area (Å²) in [6.45, 7) is 17.3. The Kier molecular flexibility index (Phi) is 7.72. The van der Waals surface area contributed by atoms with E-state index < -0.39 is 5.60 Å². The van der Waals surface area contributed by atoms with Gasteiger partial charge in [-0.15, -0.1) is 0 Å². The third-order valence-electron chi connectivity index (χ3n) is 4.92. The van der Waals surface area contributed by atoms with Crippen LogP contribution in [0.5, 0.6) is 0 Å². The number of ether oxygens (including phenoxy) is 2. The monoisotopic (exact) mass is 419 g/mol. The molecule has 0 saturated carbocycles. The number of amides is 1. The average Bonchev–Trinajstić information content (AvgIpc) is 3.09. The molecule has 1 amide bonds. The van der Waals surface area contributed by atoms with Crippen LogP contribution >= 0.6 is 0 Å². The van der Waals surface area contributed by atoms with Gasteiger partial charge >= 0.3 is 12.1 Å². The van der Waals surface area contributed by atoms with Crippen LogP contribution in [0.2, 0.25) is 0 Å². The van der Waals surface area contributed by atoms with E-state index in [0.717, 1.165) is 12.1 Å². The Morgan fingerprint density at radius 3 is 2.43 bits per heavy atom. The third-order valence-corrected chi connectivity index (χ3v) is 4.92. The lowest BCUT2D eigenvalue weighted by atomic mass is 10.1. The molecule has 2 rings (SSSR count). The van der Waals surface area contributed by atoms with Crippen LogP contribution in [-0.2, 0) is 9.47 Å². The maximum atomic E-state index is 12.7. The second-order valence-corrected chi connectivity index (χ2v) is 9.37. The molecular formula is C23H37N3O4. The number of hydrogen-bond acceptors (Lipinski definition) is 6. The molecule has 0 bridgehead atoms. The van der Waals surface area contributed by atoms with Gasteiger partial charge in [0.2, 0.25) is 0 Å². The minimum absolute atomic E-state index is 0.00308. The second-order valence-electron chi connectivity index (χ2n) is 9.37. The normalized spacial score (nSPS) is 16.9. The Bertz CT molecular complexity index is 755. The number of aromatic nitrogens is 1. The minimum atomic E-state index is -0.538. The quantitative estimate of drug-likeness (QED) is 0.627. The van der Waals surface area contributed by atoms with Crippen molar-refractivity contribution in [3.8, 4) is 0 Å². The van der Waals surface area contributed by atoms with Gasteiger partial charge < -0.3 is 19.3 Å². The van der Waals surface area contributed by atoms with Gasteiger partial charge in [-0.3, -0.25) is 0 Å². The topological polar surface area (TPSA) is 72.0 Å². The summed E-state index contributed by atoms with van der Waals surface area (Å²) < 4.78 is 11.0. The first kappa shape index (κ1) is 24.0. The van der Waals surface area contributed by atoms with Crippen molar-refractivity contribution in [3.63, 3.8) is 0 Å². The lowest BCUT2D eigenvalue weighted by molar-refractivity contribution is 0.0190. The van der Waals surface area contributed by atoms with Crippen LogP contribution in [-0.4, -0.2) is 59.3 Å². The number of anilines is 1. The van der Waals surface area contributed by atoms with Crippen LogP contribution in [0, 0.1) is 0 Å². The van der Waals surface area contributed by atoms with Crippen molar-refractivity contribution in [1.82, 2.24) is 9.88 Å². The lowest BCUT2D eigenvalue weighted by Gasteiger charge is -2.31. The zero-order valence-corrected chi connectivity index (χ0v) is 19.7. The smallest absolute Gasteiger partial charge is 0.410 e. The Labute approximate surface area is 180 Å². The number of hydrogen-bond donors (Lipinski definition) is 0. The van der Waals surface area contributed by atoms with Crippen molar-refractivity contribution in [2.75, 3.05) is 24.5 Å². The van der Waals surface area contributed by atoms with Crippen LogP contribution in [0.15, 0.2) is 12.1 Å². The van der Waals surface area contributed by atoms with E-state index in [9.17, 15) is 9.59 Å². The Balaban J connectivity index is 2.27. The van der Waals surface area contributed by atoms with Gasteiger partial charge in [0.1, 0.15) is 17.0 Å². The molecule has 1 aliphatic heterocycles. The van der Waals surface area contributed by atoms with Crippen molar-refractivity contribution < 1.29 is 19.1 Å². The van der Waals surface area contributed by atoms with E-state index in [1.54, 1.807) is 11.0 Å². The molecule has 1 aliphatic rings. The zero-order chi connectivity index (χ0) is 22.6. The molecule has 1 fully saturated rings. The first-order valence-electron chi connectivity index (χ1n) is 10.9. The van der Waals surface area contributed by atoms with Crippen molar-refractivity contribution in [2.24, 2.45) is 0 Å². The van der Waals surface area contributed by atoms with Gasteiger partial charge in [0.05, 0.1) is 12.1 Å². The zero-order valence-electron chi connectivity index (χ0n) is 19.7. The molecule has 0 spiro atoms. The summed E-state index contributed by atoms with van der Waals surface area (Å²) in [5, 5.41) is 0. The molecule has 0 N–H and O–H groups in total. The van der Waals surface area contributed by atoms with E-state index in [1.165, 1.54) is 0 Å². The number of pyridine rings is 1. The SMILES string of the molecule is CCN(C(=O)OC(C)(C)C)[C@H]1CCN(c2nc(C(C)C)ccc2C(=O)OC(C)C)C1. The highest BCUT2D eigenvalue weighted by Crippen LogP contribution is 2.28. The van der Waals surface area contributed by atoms with Crippen molar-refractivity contribution >= 4 is 17.9 Å². The first-order chi connectivity index (χ1) is 13.9. The fraction of sp³-hybridized carbons (Fsp3) is 0.696. The summed E-state index contributed by atoms with van der Waals surface area (Å²) in [6, 6.07) is 3.70. The Morgan fingerprint density at radius 2 is 1.90 bits per heavy atom. The van der Waals surface area contributed by atoms with Crippen LogP contribution in [0.1, 0.15) is 83.8 Å². The minimum Gasteiger partial charge on any atom is -0.459 e. The highest BCUT2D eigenvalue weighted by molar-refractivity contribution is 5.95. The van der Waals surface area contributed by atoms with E-state index in [1.807, 2.05) is 47.6 Å². The number of carbonyl (C=O) groups excluding carboxylic acids is 2. The highest BCUT2D eigenvalue weighted by Gasteiger charge is 2.34. The fourth-order valence-corrected chi connectivity index (χ4v) is 3.51. The molecule has 168 valence electrons. The van der Waals surface area contributed by atoms with E-state index in [0.29, 0.717) is 31.0 Å². The van der Waals surface area contributed by atoms with Gasteiger partial charge in [-0.2, -0.15) is 0 Å². The largest absolute Gasteiger partial charge is 0.459 e. The average molecular weight is 420 g/mol. The molecule has 1 saturated heterocycles. The molecule has 7 nitrogen and oxygen atoms in total. The van der Waals surface area contributed by atoms with Gasteiger partial charge in [0.15, 0.2) is 0 Å². The molecule has 0 unspecified atom stereocenters. The first-order valence-corrected chi connectivity index (χ1v) is 10.9. The summed E-state index contributed by atoms with van der Waals surface area (Å²) in [6.07, 6.45) is 0.281. The summed E-state index contributed by atoms with van der Waals surface area (Å²) in [4.78, 5) is 34.0. The molecule has 30 heavy (non-hydrogen) atoms. The lowest BCUT2D eigenvalue weighted by Crippen LogP contribution is -2.44. The van der Waals surface area contributed by atoms with Gasteiger partial charge in [0.25, 0.3) is 0 Å². The summed E-state index contributed by atoms with van der Waals surface area (Å²) in [7, 11) is 0. The van der Waals surface area contributed by atoms with Crippen LogP contribution in [0.25, 0.3) is 0 Å². The number of esters is 1. The summed E-state index contributed by atoms with van der Waals surface area (Å²) in [5.41, 5.74) is 0.854. The Hall–Kier alpha value is -2.31. The molecule has 2 heterocycles. The number of nitrogens with zero attached hydrogens (tertiary/aromatic N) is 3. The summed E-state index contributed by atoms with van der Waals surface area (Å²) >= 11 is 0. The van der Waals surface area contributed by atoms with Crippen LogP contribution < -0.4 is 4.90 Å². The predicted octanol–water partition coefficient (Wildman–Crippen LogP) is 4.61. The summed E-state index contributed by atoms with van der Waals surface area (Å²) in [5.74, 6) is 0.506. The Morgan fingerprint density at radius 1 is 1.23 bits per heavy atom.